The van der Waals surface area contributed by atoms with Crippen LogP contribution in [0.15, 0.2) is 41.3 Å². The Labute approximate surface area is 214 Å². The van der Waals surface area contributed by atoms with E-state index in [1.54, 1.807) is 19.2 Å². The lowest BCUT2D eigenvalue weighted by Gasteiger charge is -2.11. The van der Waals surface area contributed by atoms with Crippen molar-refractivity contribution < 1.29 is 28.6 Å². The molecule has 1 aromatic heterocycles. The Kier molecular flexibility index (Phi) is 17.1. The summed E-state index contributed by atoms with van der Waals surface area (Å²) < 4.78 is 19.3. The van der Waals surface area contributed by atoms with Gasteiger partial charge in [-0.05, 0) is 55.9 Å². The molecule has 1 saturated carbocycles. The van der Waals surface area contributed by atoms with Crippen molar-refractivity contribution in [3.63, 3.8) is 0 Å². The third-order valence-corrected chi connectivity index (χ3v) is 5.14. The number of nitrogens with zero attached hydrogens (tertiary/aromatic N) is 1. The van der Waals surface area contributed by atoms with Crippen LogP contribution in [0.4, 0.5) is 5.82 Å². The fraction of sp³-hybridized carbons (Fsp3) is 0.542. The average molecular weight is 527 g/mol. The molecule has 2 atom stereocenters. The number of aromatic hydroxyl groups is 1. The number of carbonyl (C=O) groups excluding carboxylic acids is 1. The molecule has 0 radical (unpaired) electrons. The number of phenols is 1. The van der Waals surface area contributed by atoms with E-state index >= 15 is 0 Å². The van der Waals surface area contributed by atoms with Gasteiger partial charge in [-0.3, -0.25) is 14.9 Å². The van der Waals surface area contributed by atoms with Crippen molar-refractivity contribution in [3.05, 3.63) is 52.6 Å². The van der Waals surface area contributed by atoms with Gasteiger partial charge in [0, 0.05) is 13.3 Å². The van der Waals surface area contributed by atoms with E-state index in [0.29, 0.717) is 18.4 Å². The van der Waals surface area contributed by atoms with Crippen LogP contribution in [0.25, 0.3) is 0 Å². The summed E-state index contributed by atoms with van der Waals surface area (Å²) in [7, 11) is 1.73. The average Bonchev–Trinajstić information content (AvgIpc) is 3.50. The Balaban J connectivity index is 0.000000251. The number of nitrogen functional groups attached to an aromatic ring is 1. The maximum atomic E-state index is 11.1. The summed E-state index contributed by atoms with van der Waals surface area (Å²) in [5.41, 5.74) is 6.12. The molecule has 5 N–H and O–H groups in total. The highest BCUT2D eigenvalue weighted by molar-refractivity contribution is 7.29. The molecule has 36 heavy (non-hydrogen) atoms. The van der Waals surface area contributed by atoms with Crippen molar-refractivity contribution in [3.8, 4) is 5.75 Å². The van der Waals surface area contributed by atoms with Gasteiger partial charge in [0.05, 0.1) is 34.8 Å². The van der Waals surface area contributed by atoms with Crippen LogP contribution in [-0.2, 0) is 23.5 Å². The number of anilines is 1. The molecule has 2 aromatic rings. The van der Waals surface area contributed by atoms with Gasteiger partial charge in [0.15, 0.2) is 0 Å². The first-order valence-corrected chi connectivity index (χ1v) is 12.7. The predicted octanol–water partition coefficient (Wildman–Crippen LogP) is 3.08. The van der Waals surface area contributed by atoms with E-state index in [-0.39, 0.29) is 27.6 Å². The number of ether oxygens (including phenoxy) is 3. The standard InChI is InChI=1S/C9H10O.C8H18NO3P.C4H5N3O.C3H6O2/c10-9-5-3-8(4-6-9)7-1-2-7;1-4-5-7(2)12-8(10)6-9-13-11-3;5-3-1-2-6-4(8)7-3;1-2-5-3-4-1/h3-7,10H,1-2H2;7,9,13H,4-6H2,1-3H3;1-2H,(H3,5,6,7,8);1-3H2. The number of aromatic amines is 1. The Morgan fingerprint density at radius 3 is 2.39 bits per heavy atom. The second kappa shape index (κ2) is 19.6. The van der Waals surface area contributed by atoms with E-state index in [2.05, 4.69) is 22.0 Å². The molecular weight excluding hydrogens is 487 g/mol. The van der Waals surface area contributed by atoms with Crippen molar-refractivity contribution in [2.45, 2.75) is 51.6 Å². The molecule has 1 aliphatic heterocycles. The van der Waals surface area contributed by atoms with Crippen LogP contribution in [0, 0.1) is 0 Å². The minimum atomic E-state index is -0.412. The van der Waals surface area contributed by atoms with E-state index in [4.69, 9.17) is 29.6 Å². The topological polar surface area (TPSA) is 158 Å². The molecule has 0 amide bonds. The molecule has 4 rings (SSSR count). The van der Waals surface area contributed by atoms with Crippen LogP contribution in [-0.4, -0.2) is 60.8 Å². The van der Waals surface area contributed by atoms with Crippen LogP contribution < -0.4 is 16.5 Å². The Hall–Kier alpha value is -2.56. The molecule has 1 aliphatic carbocycles. The second-order valence-corrected chi connectivity index (χ2v) is 8.85. The van der Waals surface area contributed by atoms with Crippen LogP contribution >= 0.6 is 8.96 Å². The summed E-state index contributed by atoms with van der Waals surface area (Å²) >= 11 is 0. The molecule has 0 bridgehead atoms. The lowest BCUT2D eigenvalue weighted by molar-refractivity contribution is -0.147. The third-order valence-electron chi connectivity index (χ3n) is 4.61. The van der Waals surface area contributed by atoms with Crippen molar-refractivity contribution in [1.29, 1.82) is 0 Å². The smallest absolute Gasteiger partial charge is 0.346 e. The minimum absolute atomic E-state index is 0.0187. The van der Waals surface area contributed by atoms with Crippen LogP contribution in [0.5, 0.6) is 5.75 Å². The van der Waals surface area contributed by atoms with Crippen molar-refractivity contribution in [2.24, 2.45) is 0 Å². The Bertz CT molecular complexity index is 883. The zero-order valence-corrected chi connectivity index (χ0v) is 22.2. The molecule has 2 fully saturated rings. The van der Waals surface area contributed by atoms with E-state index in [9.17, 15) is 9.59 Å². The highest BCUT2D eigenvalue weighted by atomic mass is 31.1. The normalized spacial score (nSPS) is 15.0. The highest BCUT2D eigenvalue weighted by Crippen LogP contribution is 2.40. The third kappa shape index (κ3) is 17.0. The number of esters is 1. The highest BCUT2D eigenvalue weighted by Gasteiger charge is 2.22. The maximum absolute atomic E-state index is 11.1. The van der Waals surface area contributed by atoms with E-state index in [0.717, 1.165) is 32.0 Å². The van der Waals surface area contributed by atoms with E-state index in [1.165, 1.54) is 30.7 Å². The first kappa shape index (κ1) is 31.5. The number of hydrogen-bond donors (Lipinski definition) is 4. The van der Waals surface area contributed by atoms with Crippen LogP contribution in [0.2, 0.25) is 0 Å². The number of aromatic nitrogens is 2. The summed E-state index contributed by atoms with van der Waals surface area (Å²) in [5, 5.41) is 11.8. The van der Waals surface area contributed by atoms with Crippen LogP contribution in [0.3, 0.4) is 0 Å². The summed E-state index contributed by atoms with van der Waals surface area (Å²) in [6, 6.07) is 9.04. The van der Waals surface area contributed by atoms with Crippen LogP contribution in [0.1, 0.15) is 51.0 Å². The van der Waals surface area contributed by atoms with Gasteiger partial charge in [-0.1, -0.05) is 25.5 Å². The predicted molar refractivity (Wildman–Crippen MR) is 140 cm³/mol. The quantitative estimate of drug-likeness (QED) is 0.229. The number of H-pyrrole nitrogens is 1. The SMILES string of the molecule is C1COCO1.CCCC(C)OC(=O)CNPOC.Nc1ccnc(=O)[nH]1.Oc1ccc(C2CC2)cc1. The summed E-state index contributed by atoms with van der Waals surface area (Å²) in [6.45, 7) is 6.25. The molecule has 1 saturated heterocycles. The first-order valence-electron chi connectivity index (χ1n) is 11.8. The molecule has 2 heterocycles. The minimum Gasteiger partial charge on any atom is -0.508 e. The number of nitrogens with two attached hydrogens (primary N) is 1. The van der Waals surface area contributed by atoms with Gasteiger partial charge in [-0.15, -0.1) is 0 Å². The van der Waals surface area contributed by atoms with Gasteiger partial charge >= 0.3 is 11.7 Å². The molecule has 0 spiro atoms. The van der Waals surface area contributed by atoms with Crippen molar-refractivity contribution in [1.82, 2.24) is 15.1 Å². The second-order valence-electron chi connectivity index (χ2n) is 7.88. The number of benzene rings is 1. The summed E-state index contributed by atoms with van der Waals surface area (Å²) in [6.07, 6.45) is 5.97. The van der Waals surface area contributed by atoms with Crippen molar-refractivity contribution >= 4 is 20.7 Å². The lowest BCUT2D eigenvalue weighted by Crippen LogP contribution is -2.23. The number of carbonyl (C=O) groups is 1. The van der Waals surface area contributed by atoms with Gasteiger partial charge in [-0.2, -0.15) is 0 Å². The number of rotatable bonds is 8. The largest absolute Gasteiger partial charge is 0.508 e. The van der Waals surface area contributed by atoms with Gasteiger partial charge in [0.2, 0.25) is 0 Å². The van der Waals surface area contributed by atoms with E-state index < -0.39 is 5.69 Å². The molecular formula is C24H39N4O7P. The summed E-state index contributed by atoms with van der Waals surface area (Å²) in [5.74, 6) is 1.28. The fourth-order valence-electron chi connectivity index (χ4n) is 2.75. The molecule has 202 valence electrons. The maximum Gasteiger partial charge on any atom is 0.346 e. The lowest BCUT2D eigenvalue weighted by atomic mass is 10.1. The molecule has 2 aliphatic rings. The Morgan fingerprint density at radius 2 is 1.94 bits per heavy atom. The zero-order chi connectivity index (χ0) is 26.6. The Morgan fingerprint density at radius 1 is 1.28 bits per heavy atom. The molecule has 2 unspecified atom stereocenters. The molecule has 12 heteroatoms. The number of hydrogen-bond acceptors (Lipinski definition) is 10. The monoisotopic (exact) mass is 526 g/mol. The number of nitrogens with one attached hydrogen (secondary N) is 2. The van der Waals surface area contributed by atoms with Gasteiger partial charge in [-0.25, -0.2) is 9.78 Å². The number of phenolic OH excluding ortho intramolecular Hbond substituents is 1. The van der Waals surface area contributed by atoms with Gasteiger partial charge in [0.1, 0.15) is 18.4 Å². The van der Waals surface area contributed by atoms with Gasteiger partial charge in [0.25, 0.3) is 0 Å². The van der Waals surface area contributed by atoms with Crippen molar-refractivity contribution in [2.75, 3.05) is 39.4 Å². The van der Waals surface area contributed by atoms with E-state index in [1.807, 2.05) is 19.1 Å². The zero-order valence-electron chi connectivity index (χ0n) is 21.2. The first-order chi connectivity index (χ1) is 17.3. The fourth-order valence-corrected chi connectivity index (χ4v) is 3.11. The molecule has 1 aromatic carbocycles. The molecule has 11 nitrogen and oxygen atoms in total. The van der Waals surface area contributed by atoms with Gasteiger partial charge < -0.3 is 29.6 Å². The summed E-state index contributed by atoms with van der Waals surface area (Å²) in [4.78, 5) is 26.9.